The topological polar surface area (TPSA) is 63.8 Å². The smallest absolute Gasteiger partial charge is 0.207 e. The molecule has 0 radical (unpaired) electrons. The Hall–Kier alpha value is -2.41. The van der Waals surface area contributed by atoms with Gasteiger partial charge in [-0.15, -0.1) is 10.2 Å². The summed E-state index contributed by atoms with van der Waals surface area (Å²) < 4.78 is 0.934. The first-order valence-corrected chi connectivity index (χ1v) is 10.5. The Bertz CT molecular complexity index is 1060. The average molecular weight is 393 g/mol. The van der Waals surface area contributed by atoms with Crippen LogP contribution < -0.4 is 11.1 Å². The van der Waals surface area contributed by atoms with E-state index in [1.807, 2.05) is 18.2 Å². The summed E-state index contributed by atoms with van der Waals surface area (Å²) in [5, 5.41) is 14.9. The number of thioether (sulfide) groups is 1. The van der Waals surface area contributed by atoms with Gasteiger partial charge >= 0.3 is 0 Å². The zero-order chi connectivity index (χ0) is 18.6. The van der Waals surface area contributed by atoms with Crippen molar-refractivity contribution in [2.75, 3.05) is 5.32 Å². The van der Waals surface area contributed by atoms with E-state index in [-0.39, 0.29) is 6.17 Å². The monoisotopic (exact) mass is 392 g/mol. The van der Waals surface area contributed by atoms with Gasteiger partial charge in [0, 0.05) is 5.75 Å². The minimum atomic E-state index is -0.335. The molecule has 27 heavy (non-hydrogen) atoms. The number of rotatable bonds is 6. The van der Waals surface area contributed by atoms with E-state index >= 15 is 0 Å². The second kappa shape index (κ2) is 8.08. The van der Waals surface area contributed by atoms with Crippen molar-refractivity contribution >= 4 is 39.0 Å². The Morgan fingerprint density at radius 1 is 1.04 bits per heavy atom. The number of benzene rings is 3. The highest BCUT2D eigenvalue weighted by molar-refractivity contribution is 8.00. The quantitative estimate of drug-likeness (QED) is 0.341. The molecule has 0 saturated carbocycles. The van der Waals surface area contributed by atoms with Gasteiger partial charge in [0.15, 0.2) is 4.34 Å². The molecule has 0 fully saturated rings. The highest BCUT2D eigenvalue weighted by Gasteiger charge is 2.12. The maximum absolute atomic E-state index is 6.41. The minimum Gasteiger partial charge on any atom is -0.341 e. The van der Waals surface area contributed by atoms with Crippen molar-refractivity contribution in [2.45, 2.75) is 23.2 Å². The summed E-state index contributed by atoms with van der Waals surface area (Å²) in [7, 11) is 0. The van der Waals surface area contributed by atoms with Crippen LogP contribution in [0.4, 0.5) is 5.13 Å². The molecule has 136 valence electrons. The number of aromatic nitrogens is 2. The molecule has 4 aromatic rings. The van der Waals surface area contributed by atoms with E-state index in [1.54, 1.807) is 11.8 Å². The third-order valence-electron chi connectivity index (χ3n) is 4.29. The molecule has 0 spiro atoms. The third kappa shape index (κ3) is 4.30. The summed E-state index contributed by atoms with van der Waals surface area (Å²) in [6.45, 7) is 2.11. The van der Waals surface area contributed by atoms with Crippen LogP contribution in [-0.2, 0) is 5.75 Å². The fourth-order valence-corrected chi connectivity index (χ4v) is 4.74. The van der Waals surface area contributed by atoms with Crippen molar-refractivity contribution in [1.29, 1.82) is 0 Å². The van der Waals surface area contributed by atoms with Crippen LogP contribution >= 0.6 is 23.1 Å². The first-order valence-electron chi connectivity index (χ1n) is 8.71. The number of fused-ring (bicyclic) bond motifs is 1. The fourth-order valence-electron chi connectivity index (χ4n) is 3.01. The molecule has 6 heteroatoms. The number of nitrogens with zero attached hydrogens (tertiary/aromatic N) is 2. The number of nitrogens with two attached hydrogens (primary N) is 1. The van der Waals surface area contributed by atoms with Gasteiger partial charge in [-0.25, -0.2) is 0 Å². The summed E-state index contributed by atoms with van der Waals surface area (Å²) >= 11 is 3.23. The Labute approximate surface area is 166 Å². The SMILES string of the molecule is Cc1cccc(CSc2nnc(NC(N)c3cccc4ccccc34)s2)c1. The number of aryl methyl sites for hydroxylation is 1. The van der Waals surface area contributed by atoms with E-state index in [2.05, 4.69) is 71.0 Å². The molecule has 1 unspecified atom stereocenters. The number of hydrogen-bond donors (Lipinski definition) is 2. The molecule has 4 rings (SSSR count). The Morgan fingerprint density at radius 2 is 1.85 bits per heavy atom. The normalized spacial score (nSPS) is 12.2. The average Bonchev–Trinajstić information content (AvgIpc) is 3.13. The van der Waals surface area contributed by atoms with Crippen LogP contribution in [-0.4, -0.2) is 10.2 Å². The molecule has 0 aliphatic heterocycles. The fraction of sp³-hybridized carbons (Fsp3) is 0.143. The molecule has 3 aromatic carbocycles. The minimum absolute atomic E-state index is 0.335. The maximum atomic E-state index is 6.41. The zero-order valence-electron chi connectivity index (χ0n) is 14.9. The van der Waals surface area contributed by atoms with Crippen molar-refractivity contribution in [3.05, 3.63) is 83.4 Å². The van der Waals surface area contributed by atoms with Crippen molar-refractivity contribution in [3.63, 3.8) is 0 Å². The molecule has 3 N–H and O–H groups in total. The van der Waals surface area contributed by atoms with E-state index < -0.39 is 0 Å². The van der Waals surface area contributed by atoms with E-state index in [1.165, 1.54) is 27.8 Å². The van der Waals surface area contributed by atoms with Gasteiger partial charge in [-0.3, -0.25) is 0 Å². The number of hydrogen-bond acceptors (Lipinski definition) is 6. The van der Waals surface area contributed by atoms with Crippen molar-refractivity contribution in [3.8, 4) is 0 Å². The summed E-state index contributed by atoms with van der Waals surface area (Å²) in [5.41, 5.74) is 10.0. The summed E-state index contributed by atoms with van der Waals surface area (Å²) in [6.07, 6.45) is -0.335. The van der Waals surface area contributed by atoms with Crippen LogP contribution in [0.5, 0.6) is 0 Å². The summed E-state index contributed by atoms with van der Waals surface area (Å²) in [5.74, 6) is 0.881. The standard InChI is InChI=1S/C21H20N4S2/c1-14-6-4-7-15(12-14)13-26-21-25-24-20(27-21)23-19(22)18-11-5-9-16-8-2-3-10-17(16)18/h2-12,19H,13,22H2,1H3,(H,23,24). The molecular weight excluding hydrogens is 372 g/mol. The lowest BCUT2D eigenvalue weighted by molar-refractivity contribution is 0.834. The highest BCUT2D eigenvalue weighted by Crippen LogP contribution is 2.30. The van der Waals surface area contributed by atoms with E-state index in [0.717, 1.165) is 26.2 Å². The predicted octanol–water partition coefficient (Wildman–Crippen LogP) is 5.36. The van der Waals surface area contributed by atoms with Crippen LogP contribution in [0.3, 0.4) is 0 Å². The van der Waals surface area contributed by atoms with Gasteiger partial charge in [0.1, 0.15) is 6.17 Å². The highest BCUT2D eigenvalue weighted by atomic mass is 32.2. The van der Waals surface area contributed by atoms with Crippen LogP contribution in [0.2, 0.25) is 0 Å². The molecular formula is C21H20N4S2. The third-order valence-corrected chi connectivity index (χ3v) is 6.35. The zero-order valence-corrected chi connectivity index (χ0v) is 16.6. The second-order valence-electron chi connectivity index (χ2n) is 6.34. The Morgan fingerprint density at radius 3 is 2.74 bits per heavy atom. The van der Waals surface area contributed by atoms with Crippen LogP contribution in [0.1, 0.15) is 22.9 Å². The van der Waals surface area contributed by atoms with Crippen molar-refractivity contribution in [1.82, 2.24) is 10.2 Å². The molecule has 1 atom stereocenters. The van der Waals surface area contributed by atoms with Crippen molar-refractivity contribution in [2.24, 2.45) is 5.73 Å². The molecule has 0 bridgehead atoms. The lowest BCUT2D eigenvalue weighted by Crippen LogP contribution is -2.20. The maximum Gasteiger partial charge on any atom is 0.207 e. The van der Waals surface area contributed by atoms with E-state index in [9.17, 15) is 0 Å². The summed E-state index contributed by atoms with van der Waals surface area (Å²) in [4.78, 5) is 0. The first kappa shape index (κ1) is 18.0. The van der Waals surface area contributed by atoms with E-state index in [0.29, 0.717) is 0 Å². The largest absolute Gasteiger partial charge is 0.341 e. The molecule has 0 amide bonds. The van der Waals surface area contributed by atoms with Crippen LogP contribution in [0, 0.1) is 6.92 Å². The predicted molar refractivity (Wildman–Crippen MR) is 115 cm³/mol. The number of nitrogens with one attached hydrogen (secondary N) is 1. The van der Waals surface area contributed by atoms with Gasteiger partial charge in [-0.2, -0.15) is 0 Å². The molecule has 1 aromatic heterocycles. The molecule has 0 aliphatic carbocycles. The molecule has 4 nitrogen and oxygen atoms in total. The Kier molecular flexibility index (Phi) is 5.38. The summed E-state index contributed by atoms with van der Waals surface area (Å²) in [6, 6.07) is 23.0. The van der Waals surface area contributed by atoms with E-state index in [4.69, 9.17) is 5.73 Å². The van der Waals surface area contributed by atoms with Gasteiger partial charge in [-0.1, -0.05) is 95.4 Å². The van der Waals surface area contributed by atoms with Gasteiger partial charge in [0.25, 0.3) is 0 Å². The molecule has 0 saturated heterocycles. The van der Waals surface area contributed by atoms with Gasteiger partial charge in [0.2, 0.25) is 5.13 Å². The van der Waals surface area contributed by atoms with Gasteiger partial charge < -0.3 is 11.1 Å². The second-order valence-corrected chi connectivity index (χ2v) is 8.54. The first-order chi connectivity index (χ1) is 13.2. The lowest BCUT2D eigenvalue weighted by atomic mass is 10.0. The molecule has 0 aliphatic rings. The van der Waals surface area contributed by atoms with Gasteiger partial charge in [-0.05, 0) is 28.8 Å². The van der Waals surface area contributed by atoms with Gasteiger partial charge in [0.05, 0.1) is 0 Å². The Balaban J connectivity index is 1.44. The van der Waals surface area contributed by atoms with Crippen LogP contribution in [0.15, 0.2) is 71.1 Å². The lowest BCUT2D eigenvalue weighted by Gasteiger charge is -2.15. The van der Waals surface area contributed by atoms with Crippen LogP contribution in [0.25, 0.3) is 10.8 Å². The molecule has 1 heterocycles. The number of anilines is 1. The van der Waals surface area contributed by atoms with Crippen molar-refractivity contribution < 1.29 is 0 Å².